The number of rotatable bonds is 4. The number of allylic oxidation sites excluding steroid dienone is 4. The van der Waals surface area contributed by atoms with Crippen molar-refractivity contribution in [2.45, 2.75) is 59.3 Å². The SMILES string of the molecule is CC1(C)CC(=O)C2=C(C1)OC1=C(C(=O)CC(C)(C)C1)C2c1cc(Br)ccc1OCCO. The second-order valence-corrected chi connectivity index (χ2v) is 11.3. The van der Waals surface area contributed by atoms with Crippen LogP contribution in [0.25, 0.3) is 0 Å². The van der Waals surface area contributed by atoms with Crippen LogP contribution in [-0.2, 0) is 14.3 Å². The van der Waals surface area contributed by atoms with Crippen molar-refractivity contribution in [2.75, 3.05) is 13.2 Å². The van der Waals surface area contributed by atoms with Crippen molar-refractivity contribution in [1.29, 1.82) is 0 Å². The Morgan fingerprint density at radius 3 is 2.06 bits per heavy atom. The van der Waals surface area contributed by atoms with E-state index in [2.05, 4.69) is 43.6 Å². The number of halogens is 1. The summed E-state index contributed by atoms with van der Waals surface area (Å²) in [5.74, 6) is 1.46. The van der Waals surface area contributed by atoms with Gasteiger partial charge in [-0.1, -0.05) is 43.6 Å². The highest BCUT2D eigenvalue weighted by atomic mass is 79.9. The van der Waals surface area contributed by atoms with Gasteiger partial charge in [-0.3, -0.25) is 9.59 Å². The zero-order valence-corrected chi connectivity index (χ0v) is 20.1. The molecule has 3 aliphatic rings. The Balaban J connectivity index is 1.94. The third-order valence-electron chi connectivity index (χ3n) is 6.21. The highest BCUT2D eigenvalue weighted by Crippen LogP contribution is 2.54. The first-order valence-corrected chi connectivity index (χ1v) is 11.5. The molecule has 0 saturated heterocycles. The van der Waals surface area contributed by atoms with Crippen LogP contribution in [0.4, 0.5) is 0 Å². The van der Waals surface area contributed by atoms with Gasteiger partial charge in [-0.25, -0.2) is 0 Å². The van der Waals surface area contributed by atoms with Crippen LogP contribution in [0, 0.1) is 10.8 Å². The third kappa shape index (κ3) is 4.24. The van der Waals surface area contributed by atoms with Crippen molar-refractivity contribution < 1.29 is 24.2 Å². The highest BCUT2D eigenvalue weighted by Gasteiger charge is 2.48. The standard InChI is InChI=1S/C25H29BrO5/c1-24(2)10-16(28)22-19(12-24)31-20-13-25(3,4)11-17(29)23(20)21(22)15-9-14(26)5-6-18(15)30-8-7-27/h5-6,9,21,27H,7-8,10-13H2,1-4H3. The van der Waals surface area contributed by atoms with E-state index >= 15 is 0 Å². The quantitative estimate of drug-likeness (QED) is 0.628. The monoisotopic (exact) mass is 488 g/mol. The van der Waals surface area contributed by atoms with Gasteiger partial charge in [0, 0.05) is 46.9 Å². The molecule has 0 aromatic heterocycles. The van der Waals surface area contributed by atoms with Crippen LogP contribution in [0.15, 0.2) is 45.3 Å². The number of hydrogen-bond acceptors (Lipinski definition) is 5. The number of carbonyl (C=O) groups excluding carboxylic acids is 2. The molecule has 2 aliphatic carbocycles. The first kappa shape index (κ1) is 22.3. The van der Waals surface area contributed by atoms with Gasteiger partial charge < -0.3 is 14.6 Å². The lowest BCUT2D eigenvalue weighted by molar-refractivity contribution is -0.120. The molecule has 166 valence electrons. The third-order valence-corrected chi connectivity index (χ3v) is 6.71. The molecule has 31 heavy (non-hydrogen) atoms. The number of hydrogen-bond donors (Lipinski definition) is 1. The Hall–Kier alpha value is -1.92. The van der Waals surface area contributed by atoms with Crippen LogP contribution < -0.4 is 4.74 Å². The molecule has 0 radical (unpaired) electrons. The molecule has 1 aromatic rings. The molecule has 0 amide bonds. The van der Waals surface area contributed by atoms with Crippen LogP contribution >= 0.6 is 15.9 Å². The van der Waals surface area contributed by atoms with Gasteiger partial charge in [-0.15, -0.1) is 0 Å². The maximum atomic E-state index is 13.4. The predicted molar refractivity (Wildman–Crippen MR) is 121 cm³/mol. The average molecular weight is 489 g/mol. The molecule has 6 heteroatoms. The lowest BCUT2D eigenvalue weighted by Gasteiger charge is -2.43. The first-order chi connectivity index (χ1) is 14.5. The number of Topliss-reactive ketones (excluding diaryl/α,β-unsaturated/α-hetero) is 2. The van der Waals surface area contributed by atoms with E-state index < -0.39 is 5.92 Å². The molecule has 1 aliphatic heterocycles. The Labute approximate surface area is 191 Å². The number of ether oxygens (including phenoxy) is 2. The molecule has 0 atom stereocenters. The van der Waals surface area contributed by atoms with E-state index in [1.54, 1.807) is 0 Å². The van der Waals surface area contributed by atoms with Gasteiger partial charge in [0.15, 0.2) is 11.6 Å². The minimum Gasteiger partial charge on any atom is -0.491 e. The van der Waals surface area contributed by atoms with Gasteiger partial charge in [-0.05, 0) is 29.0 Å². The van der Waals surface area contributed by atoms with Crippen LogP contribution in [0.3, 0.4) is 0 Å². The first-order valence-electron chi connectivity index (χ1n) is 10.7. The van der Waals surface area contributed by atoms with E-state index in [0.717, 1.165) is 10.0 Å². The summed E-state index contributed by atoms with van der Waals surface area (Å²) >= 11 is 3.54. The number of aliphatic hydroxyl groups excluding tert-OH is 1. The van der Waals surface area contributed by atoms with Crippen molar-refractivity contribution in [3.8, 4) is 5.75 Å². The van der Waals surface area contributed by atoms with E-state index in [1.165, 1.54) is 0 Å². The molecule has 0 unspecified atom stereocenters. The summed E-state index contributed by atoms with van der Waals surface area (Å²) in [6.07, 6.45) is 2.12. The summed E-state index contributed by atoms with van der Waals surface area (Å²) in [5, 5.41) is 9.28. The minimum absolute atomic E-state index is 0.0218. The summed E-state index contributed by atoms with van der Waals surface area (Å²) in [5.41, 5.74) is 1.53. The van der Waals surface area contributed by atoms with Crippen molar-refractivity contribution >= 4 is 27.5 Å². The summed E-state index contributed by atoms with van der Waals surface area (Å²) in [6, 6.07) is 5.59. The molecule has 1 aromatic carbocycles. The van der Waals surface area contributed by atoms with Crippen LogP contribution in [0.2, 0.25) is 0 Å². The Morgan fingerprint density at radius 1 is 1.00 bits per heavy atom. The van der Waals surface area contributed by atoms with E-state index in [4.69, 9.17) is 9.47 Å². The molecule has 0 spiro atoms. The van der Waals surface area contributed by atoms with Gasteiger partial charge in [-0.2, -0.15) is 0 Å². The van der Waals surface area contributed by atoms with Crippen molar-refractivity contribution in [3.63, 3.8) is 0 Å². The van der Waals surface area contributed by atoms with Gasteiger partial charge in [0.1, 0.15) is 23.9 Å². The molecule has 0 bridgehead atoms. The van der Waals surface area contributed by atoms with E-state index in [-0.39, 0.29) is 35.6 Å². The largest absolute Gasteiger partial charge is 0.491 e. The van der Waals surface area contributed by atoms with Crippen LogP contribution in [-0.4, -0.2) is 29.9 Å². The van der Waals surface area contributed by atoms with Gasteiger partial charge in [0.05, 0.1) is 12.5 Å². The molecule has 5 nitrogen and oxygen atoms in total. The molecule has 4 rings (SSSR count). The molecule has 1 heterocycles. The number of aliphatic hydroxyl groups is 1. The van der Waals surface area contributed by atoms with Crippen molar-refractivity contribution in [2.24, 2.45) is 10.8 Å². The zero-order chi connectivity index (χ0) is 22.6. The lowest BCUT2D eigenvalue weighted by Crippen LogP contribution is -2.37. The topological polar surface area (TPSA) is 72.8 Å². The summed E-state index contributed by atoms with van der Waals surface area (Å²) in [6.45, 7) is 8.30. The number of benzene rings is 1. The van der Waals surface area contributed by atoms with Crippen LogP contribution in [0.1, 0.15) is 64.9 Å². The van der Waals surface area contributed by atoms with Crippen molar-refractivity contribution in [1.82, 2.24) is 0 Å². The molecular weight excluding hydrogens is 460 g/mol. The maximum Gasteiger partial charge on any atom is 0.163 e. The Morgan fingerprint density at radius 2 is 1.55 bits per heavy atom. The summed E-state index contributed by atoms with van der Waals surface area (Å²) < 4.78 is 13.0. The Kier molecular flexibility index (Phi) is 5.67. The van der Waals surface area contributed by atoms with Crippen LogP contribution in [0.5, 0.6) is 5.75 Å². The minimum atomic E-state index is -0.517. The van der Waals surface area contributed by atoms with E-state index in [9.17, 15) is 14.7 Å². The van der Waals surface area contributed by atoms with Gasteiger partial charge in [0.2, 0.25) is 0 Å². The second kappa shape index (κ2) is 7.89. The van der Waals surface area contributed by atoms with E-state index in [0.29, 0.717) is 54.1 Å². The fourth-order valence-electron chi connectivity index (χ4n) is 5.02. The average Bonchev–Trinajstić information content (AvgIpc) is 2.63. The number of carbonyl (C=O) groups is 2. The molecular formula is C25H29BrO5. The van der Waals surface area contributed by atoms with Crippen molar-refractivity contribution in [3.05, 3.63) is 50.9 Å². The van der Waals surface area contributed by atoms with Gasteiger partial charge in [0.25, 0.3) is 0 Å². The Bertz CT molecular complexity index is 963. The lowest BCUT2D eigenvalue weighted by atomic mass is 9.65. The predicted octanol–water partition coefficient (Wildman–Crippen LogP) is 5.22. The fraction of sp³-hybridized carbons (Fsp3) is 0.520. The molecule has 0 fully saturated rings. The summed E-state index contributed by atoms with van der Waals surface area (Å²) in [7, 11) is 0. The highest BCUT2D eigenvalue weighted by molar-refractivity contribution is 9.10. The normalized spacial score (nSPS) is 22.8. The smallest absolute Gasteiger partial charge is 0.163 e. The maximum absolute atomic E-state index is 13.4. The van der Waals surface area contributed by atoms with E-state index in [1.807, 2.05) is 18.2 Å². The van der Waals surface area contributed by atoms with Gasteiger partial charge >= 0.3 is 0 Å². The summed E-state index contributed by atoms with van der Waals surface area (Å²) in [4.78, 5) is 26.8. The fourth-order valence-corrected chi connectivity index (χ4v) is 5.40. The number of ketones is 2. The zero-order valence-electron chi connectivity index (χ0n) is 18.5. The molecule has 0 saturated carbocycles. The molecule has 1 N–H and O–H groups in total. The second-order valence-electron chi connectivity index (χ2n) is 10.3.